The molecule has 3 nitrogen and oxygen atoms in total. The zero-order valence-electron chi connectivity index (χ0n) is 9.63. The maximum absolute atomic E-state index is 11.9. The summed E-state index contributed by atoms with van der Waals surface area (Å²) in [5, 5.41) is 0. The van der Waals surface area contributed by atoms with Crippen LogP contribution in [0.2, 0.25) is 0 Å². The molecule has 84 valence electrons. The highest BCUT2D eigenvalue weighted by Gasteiger charge is 2.49. The van der Waals surface area contributed by atoms with E-state index < -0.39 is 11.4 Å². The second-order valence-electron chi connectivity index (χ2n) is 4.37. The minimum Gasteiger partial charge on any atom is -0.462 e. The number of carbonyl (C=O) groups is 2. The van der Waals surface area contributed by atoms with Crippen LogP contribution in [0.4, 0.5) is 0 Å². The summed E-state index contributed by atoms with van der Waals surface area (Å²) in [6, 6.07) is 0. The molecule has 1 rings (SSSR count). The topological polar surface area (TPSA) is 43.4 Å². The van der Waals surface area contributed by atoms with E-state index in [1.165, 1.54) is 6.92 Å². The monoisotopic (exact) mass is 210 g/mol. The van der Waals surface area contributed by atoms with Gasteiger partial charge >= 0.3 is 5.97 Å². The molecule has 3 heteroatoms. The lowest BCUT2D eigenvalue weighted by atomic mass is 9.79. The molecule has 0 spiro atoms. The first-order valence-electron chi connectivity index (χ1n) is 5.31. The molecule has 1 saturated carbocycles. The first kappa shape index (κ1) is 12.0. The predicted molar refractivity (Wildman–Crippen MR) is 57.3 cm³/mol. The molecule has 0 bridgehead atoms. The van der Waals surface area contributed by atoms with Gasteiger partial charge in [-0.15, -0.1) is 0 Å². The predicted octanol–water partition coefficient (Wildman–Crippen LogP) is 2.25. The fourth-order valence-corrected chi connectivity index (χ4v) is 2.09. The molecule has 15 heavy (non-hydrogen) atoms. The Balaban J connectivity index is 2.97. The first-order valence-corrected chi connectivity index (χ1v) is 5.31. The fraction of sp³-hybridized carbons (Fsp3) is 0.667. The molecule has 1 unspecified atom stereocenters. The van der Waals surface area contributed by atoms with Crippen LogP contribution in [0.15, 0.2) is 12.2 Å². The van der Waals surface area contributed by atoms with E-state index in [0.717, 1.165) is 12.8 Å². The molecule has 1 aliphatic carbocycles. The molecule has 0 N–H and O–H groups in total. The summed E-state index contributed by atoms with van der Waals surface area (Å²) < 4.78 is 5.15. The molecule has 1 aliphatic rings. The first-order chi connectivity index (χ1) is 6.91. The average Bonchev–Trinajstić information content (AvgIpc) is 2.46. The summed E-state index contributed by atoms with van der Waals surface area (Å²) in [6.45, 7) is 8.84. The Labute approximate surface area is 90.5 Å². The lowest BCUT2D eigenvalue weighted by molar-refractivity contribution is -0.160. The fourth-order valence-electron chi connectivity index (χ4n) is 2.09. The van der Waals surface area contributed by atoms with E-state index in [1.807, 2.05) is 0 Å². The molecule has 1 fully saturated rings. The van der Waals surface area contributed by atoms with Gasteiger partial charge in [0.15, 0.2) is 5.78 Å². The van der Waals surface area contributed by atoms with Crippen molar-refractivity contribution in [2.75, 3.05) is 0 Å². The molecule has 0 amide bonds. The Morgan fingerprint density at radius 3 is 2.40 bits per heavy atom. The van der Waals surface area contributed by atoms with Crippen molar-refractivity contribution in [2.45, 2.75) is 46.1 Å². The van der Waals surface area contributed by atoms with E-state index in [0.29, 0.717) is 12.0 Å². The smallest absolute Gasteiger partial charge is 0.324 e. The van der Waals surface area contributed by atoms with Crippen LogP contribution in [0.25, 0.3) is 0 Å². The van der Waals surface area contributed by atoms with Gasteiger partial charge in [-0.25, -0.2) is 0 Å². The highest BCUT2D eigenvalue weighted by molar-refractivity contribution is 6.06. The number of ketones is 1. The number of hydrogen-bond donors (Lipinski definition) is 0. The van der Waals surface area contributed by atoms with E-state index in [4.69, 9.17) is 4.74 Å². The van der Waals surface area contributed by atoms with Gasteiger partial charge in [0.1, 0.15) is 5.41 Å². The average molecular weight is 210 g/mol. The summed E-state index contributed by atoms with van der Waals surface area (Å²) in [4.78, 5) is 23.6. The molecule has 0 saturated heterocycles. The third-order valence-electron chi connectivity index (χ3n) is 2.93. The minimum absolute atomic E-state index is 0.143. The van der Waals surface area contributed by atoms with E-state index in [2.05, 4.69) is 6.58 Å². The third-order valence-corrected chi connectivity index (χ3v) is 2.93. The number of esters is 1. The van der Waals surface area contributed by atoms with Crippen LogP contribution in [0, 0.1) is 5.41 Å². The highest BCUT2D eigenvalue weighted by atomic mass is 16.5. The zero-order chi connectivity index (χ0) is 11.6. The van der Waals surface area contributed by atoms with Crippen molar-refractivity contribution >= 4 is 11.8 Å². The van der Waals surface area contributed by atoms with Gasteiger partial charge in [-0.3, -0.25) is 9.59 Å². The van der Waals surface area contributed by atoms with Gasteiger partial charge in [-0.1, -0.05) is 12.2 Å². The molecule has 0 aromatic rings. The number of hydrogen-bond acceptors (Lipinski definition) is 3. The SMILES string of the molecule is C=C1CCCC1(C(C)=O)C(=O)OC(C)C. The standard InChI is InChI=1S/C12H18O3/c1-8(2)15-11(14)12(10(4)13)7-5-6-9(12)3/h8H,3,5-7H2,1-2,4H3. The van der Waals surface area contributed by atoms with Gasteiger partial charge in [0, 0.05) is 0 Å². The van der Waals surface area contributed by atoms with E-state index >= 15 is 0 Å². The van der Waals surface area contributed by atoms with Crippen LogP contribution in [0.5, 0.6) is 0 Å². The Hall–Kier alpha value is -1.12. The third kappa shape index (κ3) is 1.96. The normalized spacial score (nSPS) is 25.7. The van der Waals surface area contributed by atoms with Crippen molar-refractivity contribution < 1.29 is 14.3 Å². The number of ether oxygens (including phenoxy) is 1. The van der Waals surface area contributed by atoms with Crippen molar-refractivity contribution in [1.29, 1.82) is 0 Å². The van der Waals surface area contributed by atoms with Crippen molar-refractivity contribution in [3.63, 3.8) is 0 Å². The zero-order valence-corrected chi connectivity index (χ0v) is 9.63. The van der Waals surface area contributed by atoms with Crippen molar-refractivity contribution in [3.8, 4) is 0 Å². The molecule has 0 heterocycles. The number of Topliss-reactive ketones (excluding diaryl/α,β-unsaturated/α-hetero) is 1. The molecule has 0 aromatic heterocycles. The molecule has 0 radical (unpaired) electrons. The second kappa shape index (κ2) is 4.17. The highest BCUT2D eigenvalue weighted by Crippen LogP contribution is 2.44. The number of rotatable bonds is 3. The van der Waals surface area contributed by atoms with Crippen LogP contribution in [0.1, 0.15) is 40.0 Å². The van der Waals surface area contributed by atoms with Crippen molar-refractivity contribution in [1.82, 2.24) is 0 Å². The summed E-state index contributed by atoms with van der Waals surface area (Å²) in [5.41, 5.74) is -0.342. The van der Waals surface area contributed by atoms with Crippen LogP contribution in [-0.2, 0) is 14.3 Å². The lowest BCUT2D eigenvalue weighted by Crippen LogP contribution is -2.39. The summed E-state index contributed by atoms with van der Waals surface area (Å²) in [7, 11) is 0. The van der Waals surface area contributed by atoms with Crippen molar-refractivity contribution in [2.24, 2.45) is 5.41 Å². The molecule has 1 atom stereocenters. The summed E-state index contributed by atoms with van der Waals surface area (Å²) >= 11 is 0. The van der Waals surface area contributed by atoms with Gasteiger partial charge in [0.05, 0.1) is 6.10 Å². The van der Waals surface area contributed by atoms with Gasteiger partial charge in [-0.2, -0.15) is 0 Å². The summed E-state index contributed by atoms with van der Waals surface area (Å²) in [5.74, 6) is -0.567. The lowest BCUT2D eigenvalue weighted by Gasteiger charge is -2.26. The van der Waals surface area contributed by atoms with E-state index in [9.17, 15) is 9.59 Å². The minimum atomic E-state index is -1.05. The quantitative estimate of drug-likeness (QED) is 0.407. The van der Waals surface area contributed by atoms with Crippen molar-refractivity contribution in [3.05, 3.63) is 12.2 Å². The van der Waals surface area contributed by atoms with E-state index in [1.54, 1.807) is 13.8 Å². The van der Waals surface area contributed by atoms with E-state index in [-0.39, 0.29) is 11.9 Å². The van der Waals surface area contributed by atoms with Gasteiger partial charge in [-0.05, 0) is 40.0 Å². The molecule has 0 aromatic carbocycles. The van der Waals surface area contributed by atoms with Crippen LogP contribution >= 0.6 is 0 Å². The van der Waals surface area contributed by atoms with Gasteiger partial charge in [0.25, 0.3) is 0 Å². The van der Waals surface area contributed by atoms with Gasteiger partial charge < -0.3 is 4.74 Å². The number of carbonyl (C=O) groups excluding carboxylic acids is 2. The Kier molecular flexibility index (Phi) is 3.32. The maximum atomic E-state index is 11.9. The van der Waals surface area contributed by atoms with Crippen LogP contribution < -0.4 is 0 Å². The molecular weight excluding hydrogens is 192 g/mol. The summed E-state index contributed by atoms with van der Waals surface area (Å²) in [6.07, 6.45) is 1.94. The molecule has 0 aliphatic heterocycles. The Bertz CT molecular complexity index is 304. The second-order valence-corrected chi connectivity index (χ2v) is 4.37. The van der Waals surface area contributed by atoms with Crippen LogP contribution in [-0.4, -0.2) is 17.9 Å². The Morgan fingerprint density at radius 1 is 1.47 bits per heavy atom. The van der Waals surface area contributed by atoms with Crippen LogP contribution in [0.3, 0.4) is 0 Å². The van der Waals surface area contributed by atoms with Gasteiger partial charge in [0.2, 0.25) is 0 Å². The Morgan fingerprint density at radius 2 is 2.07 bits per heavy atom. The maximum Gasteiger partial charge on any atom is 0.324 e. The molecular formula is C12H18O3. The largest absolute Gasteiger partial charge is 0.462 e.